The molecule has 40 heavy (non-hydrogen) atoms. The van der Waals surface area contributed by atoms with E-state index in [1.165, 1.54) is 18.2 Å². The Hall–Kier alpha value is -4.98. The van der Waals surface area contributed by atoms with Gasteiger partial charge in [0.25, 0.3) is 11.8 Å². The minimum absolute atomic E-state index is 0.0731. The average Bonchev–Trinajstić information content (AvgIpc) is 2.95. The molecule has 1 aliphatic heterocycles. The lowest BCUT2D eigenvalue weighted by Crippen LogP contribution is -2.54. The quantitative estimate of drug-likeness (QED) is 0.151. The van der Waals surface area contributed by atoms with Crippen LogP contribution >= 0.6 is 0 Å². The van der Waals surface area contributed by atoms with Crippen molar-refractivity contribution in [2.24, 2.45) is 0 Å². The number of fused-ring (bicyclic) bond motifs is 1. The minimum atomic E-state index is -0.840. The summed E-state index contributed by atoms with van der Waals surface area (Å²) >= 11 is 0. The van der Waals surface area contributed by atoms with Crippen LogP contribution in [0.2, 0.25) is 0 Å². The molecule has 1 saturated heterocycles. The summed E-state index contributed by atoms with van der Waals surface area (Å²) < 4.78 is 25.4. The van der Waals surface area contributed by atoms with Gasteiger partial charge in [-0.25, -0.2) is 14.1 Å². The molecule has 0 saturated carbocycles. The lowest BCUT2D eigenvalue weighted by Gasteiger charge is -2.26. The summed E-state index contributed by atoms with van der Waals surface area (Å²) in [5.41, 5.74) is 1.18. The number of halogens is 1. The van der Waals surface area contributed by atoms with E-state index in [0.717, 1.165) is 28.5 Å². The monoisotopic (exact) mass is 538 g/mol. The van der Waals surface area contributed by atoms with Crippen molar-refractivity contribution in [1.82, 2.24) is 5.32 Å². The fourth-order valence-electron chi connectivity index (χ4n) is 4.40. The molecular weight excluding hydrogens is 511 g/mol. The van der Waals surface area contributed by atoms with Gasteiger partial charge in [-0.3, -0.25) is 14.9 Å². The standard InChI is InChI=1S/C32H27FN2O5/c1-2-3-17-39-25-14-12-24(13-15-25)35-31(37)28(30(36)34-32(35)38)19-27-26-10-5-4-8-22(26)11-16-29(27)40-20-21-7-6-9-23(33)18-21/h4-16,18-19H,2-3,17,20H2,1H3,(H,34,36,38)/b28-19-. The fourth-order valence-corrected chi connectivity index (χ4v) is 4.40. The number of unbranched alkanes of at least 4 members (excludes halogenated alkanes) is 1. The molecule has 1 fully saturated rings. The Bertz CT molecular complexity index is 1610. The van der Waals surface area contributed by atoms with E-state index >= 15 is 0 Å². The predicted octanol–water partition coefficient (Wildman–Crippen LogP) is 6.40. The van der Waals surface area contributed by atoms with Crippen molar-refractivity contribution in [2.75, 3.05) is 11.5 Å². The maximum Gasteiger partial charge on any atom is 0.335 e. The van der Waals surface area contributed by atoms with E-state index < -0.39 is 17.8 Å². The molecule has 202 valence electrons. The van der Waals surface area contributed by atoms with Gasteiger partial charge in [-0.1, -0.05) is 55.8 Å². The Morgan fingerprint density at radius 3 is 2.48 bits per heavy atom. The number of barbiturate groups is 1. The van der Waals surface area contributed by atoms with Crippen LogP contribution in [0.1, 0.15) is 30.9 Å². The average molecular weight is 539 g/mol. The summed E-state index contributed by atoms with van der Waals surface area (Å²) in [6.07, 6.45) is 3.34. The molecule has 4 aromatic rings. The molecule has 0 bridgehead atoms. The molecule has 1 N–H and O–H groups in total. The summed E-state index contributed by atoms with van der Waals surface area (Å²) in [4.78, 5) is 40.1. The third kappa shape index (κ3) is 5.71. The Labute approximate surface area is 230 Å². The number of nitrogens with zero attached hydrogens (tertiary/aromatic N) is 1. The first-order chi connectivity index (χ1) is 19.4. The second-order valence-corrected chi connectivity index (χ2v) is 9.27. The van der Waals surface area contributed by atoms with Crippen molar-refractivity contribution in [3.8, 4) is 11.5 Å². The maximum atomic E-state index is 13.7. The van der Waals surface area contributed by atoms with E-state index in [2.05, 4.69) is 12.2 Å². The highest BCUT2D eigenvalue weighted by Crippen LogP contribution is 2.32. The number of hydrogen-bond donors (Lipinski definition) is 1. The molecule has 0 unspecified atom stereocenters. The van der Waals surface area contributed by atoms with E-state index in [1.807, 2.05) is 30.3 Å². The van der Waals surface area contributed by atoms with Gasteiger partial charge >= 0.3 is 6.03 Å². The number of benzene rings is 4. The summed E-state index contributed by atoms with van der Waals surface area (Å²) in [7, 11) is 0. The molecule has 0 atom stereocenters. The van der Waals surface area contributed by atoms with Crippen LogP contribution in [-0.4, -0.2) is 24.5 Å². The number of carbonyl (C=O) groups is 3. The Morgan fingerprint density at radius 1 is 0.900 bits per heavy atom. The molecule has 1 heterocycles. The third-order valence-corrected chi connectivity index (χ3v) is 6.47. The predicted molar refractivity (Wildman–Crippen MR) is 151 cm³/mol. The Balaban J connectivity index is 1.49. The number of ether oxygens (including phenoxy) is 2. The summed E-state index contributed by atoms with van der Waals surface area (Å²) in [6, 6.07) is 22.8. The zero-order valence-corrected chi connectivity index (χ0v) is 21.9. The Kier molecular flexibility index (Phi) is 7.87. The molecular formula is C32H27FN2O5. The normalized spacial score (nSPS) is 14.5. The van der Waals surface area contributed by atoms with Crippen LogP contribution < -0.4 is 19.7 Å². The summed E-state index contributed by atoms with van der Waals surface area (Å²) in [6.45, 7) is 2.70. The molecule has 4 aromatic carbocycles. The smallest absolute Gasteiger partial charge is 0.335 e. The topological polar surface area (TPSA) is 84.9 Å². The van der Waals surface area contributed by atoms with Crippen molar-refractivity contribution >= 4 is 40.4 Å². The highest BCUT2D eigenvalue weighted by molar-refractivity contribution is 6.39. The van der Waals surface area contributed by atoms with Crippen LogP contribution in [0.25, 0.3) is 16.8 Å². The first kappa shape index (κ1) is 26.6. The molecule has 0 spiro atoms. The van der Waals surface area contributed by atoms with Crippen LogP contribution in [0.5, 0.6) is 11.5 Å². The molecule has 7 nitrogen and oxygen atoms in total. The molecule has 4 amide bonds. The van der Waals surface area contributed by atoms with E-state index in [1.54, 1.807) is 42.5 Å². The number of nitrogens with one attached hydrogen (secondary N) is 1. The highest BCUT2D eigenvalue weighted by Gasteiger charge is 2.37. The van der Waals surface area contributed by atoms with Gasteiger partial charge < -0.3 is 9.47 Å². The molecule has 5 rings (SSSR count). The number of rotatable bonds is 9. The number of urea groups is 1. The minimum Gasteiger partial charge on any atom is -0.494 e. The number of hydrogen-bond acceptors (Lipinski definition) is 5. The van der Waals surface area contributed by atoms with Gasteiger partial charge in [-0.05, 0) is 71.3 Å². The van der Waals surface area contributed by atoms with Gasteiger partial charge in [0.15, 0.2) is 0 Å². The number of anilines is 1. The first-order valence-electron chi connectivity index (χ1n) is 13.0. The number of amides is 4. The third-order valence-electron chi connectivity index (χ3n) is 6.47. The summed E-state index contributed by atoms with van der Waals surface area (Å²) in [5.74, 6) is -0.943. The molecule has 0 aliphatic carbocycles. The van der Waals surface area contributed by atoms with E-state index in [4.69, 9.17) is 9.47 Å². The van der Waals surface area contributed by atoms with Crippen molar-refractivity contribution in [2.45, 2.75) is 26.4 Å². The SMILES string of the molecule is CCCCOc1ccc(N2C(=O)NC(=O)/C(=C/c3c(OCc4cccc(F)c4)ccc4ccccc34)C2=O)cc1. The second-order valence-electron chi connectivity index (χ2n) is 9.27. The molecule has 0 radical (unpaired) electrons. The molecule has 1 aliphatic rings. The van der Waals surface area contributed by atoms with Gasteiger partial charge in [0, 0.05) is 5.56 Å². The van der Waals surface area contributed by atoms with Crippen molar-refractivity contribution in [3.63, 3.8) is 0 Å². The zero-order chi connectivity index (χ0) is 28.1. The Morgan fingerprint density at radius 2 is 1.70 bits per heavy atom. The van der Waals surface area contributed by atoms with Crippen LogP contribution in [0.3, 0.4) is 0 Å². The van der Waals surface area contributed by atoms with E-state index in [0.29, 0.717) is 34.9 Å². The van der Waals surface area contributed by atoms with Gasteiger partial charge in [-0.15, -0.1) is 0 Å². The van der Waals surface area contributed by atoms with Crippen LogP contribution in [0.4, 0.5) is 14.9 Å². The lowest BCUT2D eigenvalue weighted by atomic mass is 9.99. The highest BCUT2D eigenvalue weighted by atomic mass is 19.1. The zero-order valence-electron chi connectivity index (χ0n) is 21.9. The van der Waals surface area contributed by atoms with E-state index in [9.17, 15) is 18.8 Å². The largest absolute Gasteiger partial charge is 0.494 e. The fraction of sp³-hybridized carbons (Fsp3) is 0.156. The van der Waals surface area contributed by atoms with Crippen LogP contribution in [-0.2, 0) is 16.2 Å². The van der Waals surface area contributed by atoms with Crippen molar-refractivity contribution < 1.29 is 28.2 Å². The van der Waals surface area contributed by atoms with Crippen LogP contribution in [0.15, 0.2) is 90.5 Å². The van der Waals surface area contributed by atoms with Crippen molar-refractivity contribution in [3.05, 3.63) is 107 Å². The summed E-state index contributed by atoms with van der Waals surface area (Å²) in [5, 5.41) is 3.87. The number of carbonyl (C=O) groups excluding carboxylic acids is 3. The van der Waals surface area contributed by atoms with Gasteiger partial charge in [0.05, 0.1) is 12.3 Å². The maximum absolute atomic E-state index is 13.7. The van der Waals surface area contributed by atoms with Crippen LogP contribution in [0, 0.1) is 5.82 Å². The molecule has 8 heteroatoms. The second kappa shape index (κ2) is 11.8. The van der Waals surface area contributed by atoms with Gasteiger partial charge in [-0.2, -0.15) is 0 Å². The number of imide groups is 2. The van der Waals surface area contributed by atoms with Gasteiger partial charge in [0.1, 0.15) is 29.5 Å². The van der Waals surface area contributed by atoms with Gasteiger partial charge in [0.2, 0.25) is 0 Å². The van der Waals surface area contributed by atoms with E-state index in [-0.39, 0.29) is 18.0 Å². The van der Waals surface area contributed by atoms with Crippen molar-refractivity contribution in [1.29, 1.82) is 0 Å². The molecule has 0 aromatic heterocycles. The lowest BCUT2D eigenvalue weighted by molar-refractivity contribution is -0.122. The first-order valence-corrected chi connectivity index (χ1v) is 13.0.